The molecule has 3 fully saturated rings. The third-order valence-corrected chi connectivity index (χ3v) is 6.67. The fourth-order valence-electron chi connectivity index (χ4n) is 3.78. The van der Waals surface area contributed by atoms with E-state index >= 15 is 0 Å². The molecule has 0 spiro atoms. The van der Waals surface area contributed by atoms with Gasteiger partial charge in [-0.3, -0.25) is 4.79 Å². The number of ether oxygens (including phenoxy) is 1. The largest absolute Gasteiger partial charge is 0.357 e. The van der Waals surface area contributed by atoms with Gasteiger partial charge in [-0.25, -0.2) is 0 Å². The lowest BCUT2D eigenvalue weighted by atomic mass is 9.83. The molecule has 2 saturated heterocycles. The molecule has 1 aliphatic carbocycles. The average Bonchev–Trinajstić information content (AvgIpc) is 3.27. The Kier molecular flexibility index (Phi) is 3.50. The van der Waals surface area contributed by atoms with E-state index in [1.54, 1.807) is 0 Å². The van der Waals surface area contributed by atoms with E-state index in [0.29, 0.717) is 24.5 Å². The first kappa shape index (κ1) is 14.6. The molecule has 2 aliphatic heterocycles. The first-order valence-corrected chi connectivity index (χ1v) is 9.31. The second-order valence-electron chi connectivity index (χ2n) is 7.05. The number of β-lactam (4-membered cyclic amide) rings is 1. The van der Waals surface area contributed by atoms with Crippen molar-refractivity contribution < 1.29 is 9.53 Å². The Morgan fingerprint density at radius 2 is 2.05 bits per heavy atom. The van der Waals surface area contributed by atoms with Crippen LogP contribution in [0.25, 0.3) is 0 Å². The summed E-state index contributed by atoms with van der Waals surface area (Å²) in [5.74, 6) is 2.26. The molecule has 22 heavy (non-hydrogen) atoms. The van der Waals surface area contributed by atoms with Crippen molar-refractivity contribution in [1.82, 2.24) is 4.90 Å². The first-order valence-electron chi connectivity index (χ1n) is 8.27. The third-order valence-electron chi connectivity index (χ3n) is 5.24. The smallest absolute Gasteiger partial charge is 0.259 e. The minimum atomic E-state index is -0.538. The van der Waals surface area contributed by atoms with Crippen molar-refractivity contribution in [3.8, 4) is 0 Å². The number of thioether (sulfide) groups is 1. The summed E-state index contributed by atoms with van der Waals surface area (Å²) in [5, 5.41) is 0.239. The van der Waals surface area contributed by atoms with Crippen LogP contribution in [0.15, 0.2) is 30.3 Å². The molecule has 4 heteroatoms. The van der Waals surface area contributed by atoms with E-state index in [1.165, 1.54) is 0 Å². The van der Waals surface area contributed by atoms with E-state index in [2.05, 4.69) is 30.9 Å². The summed E-state index contributed by atoms with van der Waals surface area (Å²) < 4.78 is 6.32. The second-order valence-corrected chi connectivity index (χ2v) is 8.16. The maximum absolute atomic E-state index is 13.0. The number of hydrogen-bond donors (Lipinski definition) is 0. The van der Waals surface area contributed by atoms with Crippen LogP contribution >= 0.6 is 11.8 Å². The number of benzene rings is 1. The number of carbonyl (C=O) groups is 1. The lowest BCUT2D eigenvalue weighted by Gasteiger charge is -2.54. The highest BCUT2D eigenvalue weighted by molar-refractivity contribution is 8.00. The highest BCUT2D eigenvalue weighted by atomic mass is 32.2. The van der Waals surface area contributed by atoms with E-state index in [1.807, 2.05) is 30.0 Å². The van der Waals surface area contributed by atoms with E-state index in [9.17, 15) is 4.79 Å². The van der Waals surface area contributed by atoms with Crippen LogP contribution in [0, 0.1) is 11.8 Å². The van der Waals surface area contributed by atoms with Crippen molar-refractivity contribution in [1.29, 1.82) is 0 Å². The molecule has 1 aromatic carbocycles. The topological polar surface area (TPSA) is 29.5 Å². The zero-order valence-electron chi connectivity index (χ0n) is 13.2. The molecule has 0 unspecified atom stereocenters. The Morgan fingerprint density at radius 1 is 1.32 bits per heavy atom. The summed E-state index contributed by atoms with van der Waals surface area (Å²) in [6.45, 7) is 4.96. The van der Waals surface area contributed by atoms with Gasteiger partial charge in [-0.1, -0.05) is 44.2 Å². The second kappa shape index (κ2) is 5.27. The molecule has 0 aromatic heterocycles. The third kappa shape index (κ3) is 2.04. The van der Waals surface area contributed by atoms with Gasteiger partial charge in [-0.2, -0.15) is 0 Å². The Bertz CT molecular complexity index is 572. The number of nitrogens with zero attached hydrogens (tertiary/aromatic N) is 1. The van der Waals surface area contributed by atoms with Crippen LogP contribution in [0.2, 0.25) is 0 Å². The Hall–Kier alpha value is -1.00. The molecular formula is C18H23NO2S. The number of rotatable bonds is 5. The van der Waals surface area contributed by atoms with Gasteiger partial charge in [-0.05, 0) is 24.3 Å². The summed E-state index contributed by atoms with van der Waals surface area (Å²) in [7, 11) is 0. The molecule has 0 radical (unpaired) electrons. The minimum Gasteiger partial charge on any atom is -0.357 e. The van der Waals surface area contributed by atoms with E-state index in [0.717, 1.165) is 24.2 Å². The van der Waals surface area contributed by atoms with Crippen molar-refractivity contribution >= 4 is 17.7 Å². The normalized spacial score (nSPS) is 34.0. The number of carbonyl (C=O) groups excluding carboxylic acids is 1. The van der Waals surface area contributed by atoms with E-state index in [4.69, 9.17) is 4.74 Å². The maximum atomic E-state index is 13.0. The highest BCUT2D eigenvalue weighted by Gasteiger charge is 2.71. The predicted molar refractivity (Wildman–Crippen MR) is 88.4 cm³/mol. The van der Waals surface area contributed by atoms with Gasteiger partial charge in [0.05, 0.1) is 6.61 Å². The predicted octanol–water partition coefficient (Wildman–Crippen LogP) is 3.29. The lowest BCUT2D eigenvalue weighted by Crippen LogP contribution is -2.74. The van der Waals surface area contributed by atoms with Crippen LogP contribution in [-0.2, 0) is 16.1 Å². The van der Waals surface area contributed by atoms with Crippen LogP contribution < -0.4 is 0 Å². The molecule has 3 atom stereocenters. The molecule has 118 valence electrons. The van der Waals surface area contributed by atoms with Crippen LogP contribution in [0.5, 0.6) is 0 Å². The molecular weight excluding hydrogens is 294 g/mol. The van der Waals surface area contributed by atoms with Crippen molar-refractivity contribution in [3.05, 3.63) is 35.9 Å². The van der Waals surface area contributed by atoms with Gasteiger partial charge < -0.3 is 9.64 Å². The molecule has 0 bridgehead atoms. The highest BCUT2D eigenvalue weighted by Crippen LogP contribution is 2.58. The minimum absolute atomic E-state index is 0.239. The fraction of sp³-hybridized carbons (Fsp3) is 0.611. The summed E-state index contributed by atoms with van der Waals surface area (Å²) in [4.78, 5) is 15.1. The van der Waals surface area contributed by atoms with Crippen LogP contribution in [0.1, 0.15) is 32.3 Å². The monoisotopic (exact) mass is 317 g/mol. The molecule has 1 amide bonds. The van der Waals surface area contributed by atoms with Crippen molar-refractivity contribution in [2.75, 3.05) is 5.75 Å². The van der Waals surface area contributed by atoms with Gasteiger partial charge in [0.1, 0.15) is 5.37 Å². The SMILES string of the molecule is CC(C)[C@H]1CS[C@H]2N1C(=O)[C@]2(OCc1ccccc1)C1CC1. The first-order chi connectivity index (χ1) is 10.6. The summed E-state index contributed by atoms with van der Waals surface area (Å²) in [5.41, 5.74) is 0.613. The van der Waals surface area contributed by atoms with Gasteiger partial charge in [-0.15, -0.1) is 11.8 Å². The quantitative estimate of drug-likeness (QED) is 0.781. The summed E-state index contributed by atoms with van der Waals surface area (Å²) >= 11 is 1.92. The van der Waals surface area contributed by atoms with Gasteiger partial charge in [0.2, 0.25) is 0 Å². The van der Waals surface area contributed by atoms with E-state index in [-0.39, 0.29) is 11.3 Å². The summed E-state index contributed by atoms with van der Waals surface area (Å²) in [6.07, 6.45) is 2.27. The van der Waals surface area contributed by atoms with Gasteiger partial charge >= 0.3 is 0 Å². The van der Waals surface area contributed by atoms with Crippen molar-refractivity contribution in [2.45, 2.75) is 50.3 Å². The Labute approximate surface area is 136 Å². The average molecular weight is 317 g/mol. The molecule has 2 heterocycles. The molecule has 3 aliphatic rings. The Balaban J connectivity index is 1.54. The maximum Gasteiger partial charge on any atom is 0.259 e. The number of hydrogen-bond acceptors (Lipinski definition) is 3. The van der Waals surface area contributed by atoms with E-state index < -0.39 is 5.60 Å². The van der Waals surface area contributed by atoms with Gasteiger partial charge in [0.25, 0.3) is 5.91 Å². The standard InChI is InChI=1S/C18H23NO2S/c1-12(2)15-11-22-17-18(14-8-9-14,16(20)19(15)17)21-10-13-6-4-3-5-7-13/h3-7,12,14-15,17H,8-11H2,1-2H3/t15-,17-,18-/m1/s1. The zero-order chi connectivity index (χ0) is 15.3. The molecule has 3 nitrogen and oxygen atoms in total. The van der Waals surface area contributed by atoms with Gasteiger partial charge in [0.15, 0.2) is 5.60 Å². The lowest BCUT2D eigenvalue weighted by molar-refractivity contribution is -0.204. The fourth-order valence-corrected chi connectivity index (χ4v) is 5.73. The molecule has 4 rings (SSSR count). The Morgan fingerprint density at radius 3 is 2.68 bits per heavy atom. The number of fused-ring (bicyclic) bond motifs is 1. The van der Waals surface area contributed by atoms with Crippen LogP contribution in [0.3, 0.4) is 0 Å². The molecule has 1 aromatic rings. The number of amides is 1. The van der Waals surface area contributed by atoms with Gasteiger partial charge in [0, 0.05) is 17.7 Å². The van der Waals surface area contributed by atoms with Crippen LogP contribution in [0.4, 0.5) is 0 Å². The van der Waals surface area contributed by atoms with Crippen LogP contribution in [-0.4, -0.2) is 33.6 Å². The zero-order valence-corrected chi connectivity index (χ0v) is 14.0. The van der Waals surface area contributed by atoms with Crippen molar-refractivity contribution in [2.24, 2.45) is 11.8 Å². The van der Waals surface area contributed by atoms with Crippen molar-refractivity contribution in [3.63, 3.8) is 0 Å². The molecule has 1 saturated carbocycles. The molecule has 0 N–H and O–H groups in total. The summed E-state index contributed by atoms with van der Waals surface area (Å²) in [6, 6.07) is 10.6.